The van der Waals surface area contributed by atoms with Crippen molar-refractivity contribution >= 4 is 29.4 Å². The molecular weight excluding hydrogens is 420 g/mol. The third-order valence-electron chi connectivity index (χ3n) is 6.52. The molecule has 1 atom stereocenters. The molecule has 1 spiro atoms. The first kappa shape index (κ1) is 21.2. The fourth-order valence-electron chi connectivity index (χ4n) is 4.70. The number of rotatable bonds is 5. The highest BCUT2D eigenvalue weighted by Crippen LogP contribution is 2.38. The van der Waals surface area contributed by atoms with Crippen molar-refractivity contribution in [1.82, 2.24) is 15.5 Å². The predicted molar refractivity (Wildman–Crippen MR) is 121 cm³/mol. The number of fused-ring (bicyclic) bond motifs is 2. The van der Waals surface area contributed by atoms with Crippen LogP contribution in [0.5, 0.6) is 0 Å². The lowest BCUT2D eigenvalue weighted by atomic mass is 9.84. The Bertz CT molecular complexity index is 1140. The summed E-state index contributed by atoms with van der Waals surface area (Å²) >= 11 is 0. The van der Waals surface area contributed by atoms with Crippen LogP contribution in [0.25, 0.3) is 0 Å². The highest BCUT2D eigenvalue weighted by atomic mass is 16.2. The number of imide groups is 1. The third-order valence-corrected chi connectivity index (χ3v) is 6.52. The highest BCUT2D eigenvalue weighted by Gasteiger charge is 2.53. The van der Waals surface area contributed by atoms with Gasteiger partial charge in [0.15, 0.2) is 0 Å². The van der Waals surface area contributed by atoms with Gasteiger partial charge in [0, 0.05) is 17.3 Å². The Morgan fingerprint density at radius 1 is 1.06 bits per heavy atom. The van der Waals surface area contributed by atoms with Crippen molar-refractivity contribution in [3.05, 3.63) is 65.2 Å². The van der Waals surface area contributed by atoms with Crippen LogP contribution in [0.2, 0.25) is 0 Å². The quantitative estimate of drug-likeness (QED) is 0.614. The van der Waals surface area contributed by atoms with Gasteiger partial charge < -0.3 is 16.0 Å². The van der Waals surface area contributed by atoms with E-state index < -0.39 is 29.9 Å². The number of hydrogen-bond acceptors (Lipinski definition) is 4. The summed E-state index contributed by atoms with van der Waals surface area (Å²) in [5, 5.41) is 8.50. The van der Waals surface area contributed by atoms with Gasteiger partial charge in [-0.2, -0.15) is 0 Å². The summed E-state index contributed by atoms with van der Waals surface area (Å²) < 4.78 is 0. The molecule has 1 saturated carbocycles. The largest absolute Gasteiger partial charge is 0.349 e. The van der Waals surface area contributed by atoms with Crippen LogP contribution in [-0.2, 0) is 21.5 Å². The average molecular weight is 447 g/mol. The molecule has 1 unspecified atom stereocenters. The number of amides is 5. The molecule has 1 saturated heterocycles. The predicted octanol–water partition coefficient (Wildman–Crippen LogP) is 2.69. The molecule has 0 aromatic heterocycles. The molecule has 5 amide bonds. The van der Waals surface area contributed by atoms with Crippen LogP contribution in [0, 0.1) is 0 Å². The lowest BCUT2D eigenvalue weighted by Crippen LogP contribution is -2.44. The van der Waals surface area contributed by atoms with Gasteiger partial charge in [-0.3, -0.25) is 19.3 Å². The van der Waals surface area contributed by atoms with Crippen LogP contribution in [0.4, 0.5) is 10.5 Å². The third kappa shape index (κ3) is 4.08. The zero-order valence-corrected chi connectivity index (χ0v) is 18.2. The zero-order chi connectivity index (χ0) is 23.0. The second kappa shape index (κ2) is 8.35. The molecule has 170 valence electrons. The standard InChI is InChI=1S/C25H26N4O4/c30-21(26-19-9-5-8-17(14-19)22(31)27-18-11-12-18)15-29-23(32)25(28-24(29)33)13-4-3-7-16-6-1-2-10-20(16)25/h1-2,5-6,8-10,14,18H,3-4,7,11-13,15H2,(H,26,30)(H,27,31)(H,28,33). The van der Waals surface area contributed by atoms with Crippen LogP contribution in [-0.4, -0.2) is 41.2 Å². The van der Waals surface area contributed by atoms with Gasteiger partial charge in [0.1, 0.15) is 12.1 Å². The Morgan fingerprint density at radius 3 is 2.70 bits per heavy atom. The highest BCUT2D eigenvalue weighted by molar-refractivity contribution is 6.10. The van der Waals surface area contributed by atoms with Crippen molar-refractivity contribution in [2.75, 3.05) is 11.9 Å². The van der Waals surface area contributed by atoms with E-state index in [0.29, 0.717) is 17.7 Å². The summed E-state index contributed by atoms with van der Waals surface area (Å²) in [7, 11) is 0. The Balaban J connectivity index is 1.30. The zero-order valence-electron chi connectivity index (χ0n) is 18.2. The topological polar surface area (TPSA) is 108 Å². The lowest BCUT2D eigenvalue weighted by Gasteiger charge is -2.27. The molecule has 0 radical (unpaired) electrons. The molecule has 1 heterocycles. The van der Waals surface area contributed by atoms with Crippen LogP contribution in [0.1, 0.15) is 53.6 Å². The minimum Gasteiger partial charge on any atom is -0.349 e. The number of carbonyl (C=O) groups is 4. The Kier molecular flexibility index (Phi) is 5.36. The summed E-state index contributed by atoms with van der Waals surface area (Å²) in [5.74, 6) is -1.08. The molecule has 2 fully saturated rings. The normalized spacial score (nSPS) is 21.9. The van der Waals surface area contributed by atoms with E-state index in [-0.39, 0.29) is 11.9 Å². The molecule has 2 aliphatic carbocycles. The van der Waals surface area contributed by atoms with Crippen LogP contribution < -0.4 is 16.0 Å². The summed E-state index contributed by atoms with van der Waals surface area (Å²) in [6, 6.07) is 14.0. The van der Waals surface area contributed by atoms with Crippen molar-refractivity contribution < 1.29 is 19.2 Å². The fourth-order valence-corrected chi connectivity index (χ4v) is 4.70. The maximum absolute atomic E-state index is 13.5. The minimum absolute atomic E-state index is 0.184. The molecule has 2 aromatic carbocycles. The molecule has 2 aromatic rings. The van der Waals surface area contributed by atoms with Gasteiger partial charge in [-0.05, 0) is 67.9 Å². The first-order chi connectivity index (χ1) is 16.0. The lowest BCUT2D eigenvalue weighted by molar-refractivity contribution is -0.134. The van der Waals surface area contributed by atoms with Crippen LogP contribution in [0.15, 0.2) is 48.5 Å². The minimum atomic E-state index is -1.12. The Hall–Kier alpha value is -3.68. The maximum atomic E-state index is 13.5. The van der Waals surface area contributed by atoms with Gasteiger partial charge in [-0.1, -0.05) is 30.3 Å². The van der Waals surface area contributed by atoms with E-state index in [1.165, 1.54) is 0 Å². The van der Waals surface area contributed by atoms with E-state index in [0.717, 1.165) is 48.1 Å². The maximum Gasteiger partial charge on any atom is 0.325 e. The van der Waals surface area contributed by atoms with Gasteiger partial charge >= 0.3 is 6.03 Å². The van der Waals surface area contributed by atoms with E-state index in [1.807, 2.05) is 24.3 Å². The summed E-state index contributed by atoms with van der Waals surface area (Å²) in [4.78, 5) is 52.2. The number of carbonyl (C=O) groups excluding carboxylic acids is 4. The summed E-state index contributed by atoms with van der Waals surface area (Å²) in [6.07, 6.45) is 5.07. The molecule has 1 aliphatic heterocycles. The van der Waals surface area contributed by atoms with Crippen molar-refractivity contribution in [2.45, 2.75) is 50.1 Å². The molecule has 0 bridgehead atoms. The fraction of sp³-hybridized carbons (Fsp3) is 0.360. The first-order valence-electron chi connectivity index (χ1n) is 11.4. The Labute approximate surface area is 191 Å². The van der Waals surface area contributed by atoms with Gasteiger partial charge in [-0.15, -0.1) is 0 Å². The second-order valence-corrected chi connectivity index (χ2v) is 8.97. The van der Waals surface area contributed by atoms with Gasteiger partial charge in [0.2, 0.25) is 5.91 Å². The molecule has 5 rings (SSSR count). The number of benzene rings is 2. The number of urea groups is 1. The van der Waals surface area contributed by atoms with Gasteiger partial charge in [-0.25, -0.2) is 4.79 Å². The van der Waals surface area contributed by atoms with Crippen molar-refractivity contribution in [1.29, 1.82) is 0 Å². The van der Waals surface area contributed by atoms with Crippen LogP contribution in [0.3, 0.4) is 0 Å². The smallest absolute Gasteiger partial charge is 0.325 e. The Morgan fingerprint density at radius 2 is 1.88 bits per heavy atom. The summed E-state index contributed by atoms with van der Waals surface area (Å²) in [6.45, 7) is -0.396. The molecule has 8 heteroatoms. The van der Waals surface area contributed by atoms with E-state index >= 15 is 0 Å². The first-order valence-corrected chi connectivity index (χ1v) is 11.4. The van der Waals surface area contributed by atoms with E-state index in [9.17, 15) is 19.2 Å². The molecule has 33 heavy (non-hydrogen) atoms. The number of hydrogen-bond donors (Lipinski definition) is 3. The van der Waals surface area contributed by atoms with Gasteiger partial charge in [0.05, 0.1) is 0 Å². The summed E-state index contributed by atoms with van der Waals surface area (Å²) in [5.41, 5.74) is 1.63. The molecule has 8 nitrogen and oxygen atoms in total. The number of nitrogens with one attached hydrogen (secondary N) is 3. The molecule has 3 N–H and O–H groups in total. The molecule has 3 aliphatic rings. The number of anilines is 1. The monoisotopic (exact) mass is 446 g/mol. The van der Waals surface area contributed by atoms with E-state index in [2.05, 4.69) is 16.0 Å². The van der Waals surface area contributed by atoms with Crippen molar-refractivity contribution in [2.24, 2.45) is 0 Å². The number of aryl methyl sites for hydroxylation is 1. The molecular formula is C25H26N4O4. The number of nitrogens with zero attached hydrogens (tertiary/aromatic N) is 1. The second-order valence-electron chi connectivity index (χ2n) is 8.97. The van der Waals surface area contributed by atoms with Crippen molar-refractivity contribution in [3.8, 4) is 0 Å². The average Bonchev–Trinajstić information content (AvgIpc) is 3.61. The van der Waals surface area contributed by atoms with Gasteiger partial charge in [0.25, 0.3) is 11.8 Å². The SMILES string of the molecule is O=C(CN1C(=O)NC2(CCCCc3ccccc32)C1=O)Nc1cccc(C(=O)NC2CC2)c1. The van der Waals surface area contributed by atoms with Crippen molar-refractivity contribution in [3.63, 3.8) is 0 Å². The van der Waals surface area contributed by atoms with Crippen LogP contribution >= 0.6 is 0 Å². The van der Waals surface area contributed by atoms with E-state index in [4.69, 9.17) is 0 Å². The van der Waals surface area contributed by atoms with E-state index in [1.54, 1.807) is 24.3 Å².